The average Bonchev–Trinajstić information content (AvgIpc) is 3.52. The van der Waals surface area contributed by atoms with Gasteiger partial charge in [0.1, 0.15) is 5.82 Å². The van der Waals surface area contributed by atoms with Gasteiger partial charge < -0.3 is 18.6 Å². The Morgan fingerprint density at radius 3 is 1.88 bits per heavy atom. The van der Waals surface area contributed by atoms with E-state index in [0.717, 1.165) is 37.6 Å². The number of anilines is 1. The molecule has 1 fully saturated rings. The predicted octanol–water partition coefficient (Wildman–Crippen LogP) is 10.4. The van der Waals surface area contributed by atoms with Crippen molar-refractivity contribution in [3.63, 3.8) is 0 Å². The lowest BCUT2D eigenvalue weighted by Gasteiger charge is -2.54. The molecule has 3 rings (SSSR count). The number of nitrogens with zero attached hydrogens (tertiary/aromatic N) is 4. The molecule has 4 atom stereocenters. The van der Waals surface area contributed by atoms with Gasteiger partial charge in [0.25, 0.3) is 0 Å². The van der Waals surface area contributed by atoms with Gasteiger partial charge >= 0.3 is 0 Å². The summed E-state index contributed by atoms with van der Waals surface area (Å²) in [5.74, 6) is 1.29. The largest absolute Gasteiger partial charge is 0.415 e. The Balaban J connectivity index is 1.73. The number of aromatic nitrogens is 3. The summed E-state index contributed by atoms with van der Waals surface area (Å²) < 4.78 is 23.8. The first-order valence-corrected chi connectivity index (χ1v) is 28.0. The quantitative estimate of drug-likeness (QED) is 0.135. The number of hydrogen-bond acceptors (Lipinski definition) is 7. The van der Waals surface area contributed by atoms with Crippen LogP contribution in [-0.2, 0) is 13.3 Å². The van der Waals surface area contributed by atoms with Crippen LogP contribution in [0.5, 0.6) is 0 Å². The highest BCUT2D eigenvalue weighted by atomic mass is 28.4. The number of hydrogen-bond donors (Lipinski definition) is 1. The summed E-state index contributed by atoms with van der Waals surface area (Å²) in [6.07, 6.45) is 10.3. The molecule has 8 nitrogen and oxygen atoms in total. The lowest BCUT2D eigenvalue weighted by Crippen LogP contribution is -2.66. The highest BCUT2D eigenvalue weighted by Gasteiger charge is 2.52. The average molecular weight is 746 g/mol. The van der Waals surface area contributed by atoms with Gasteiger partial charge in [-0.2, -0.15) is 5.10 Å². The van der Waals surface area contributed by atoms with Crippen molar-refractivity contribution in [3.05, 3.63) is 36.8 Å². The predicted molar refractivity (Wildman–Crippen MR) is 220 cm³/mol. The molecule has 0 spiro atoms. The van der Waals surface area contributed by atoms with E-state index < -0.39 is 25.0 Å². The van der Waals surface area contributed by atoms with E-state index in [0.29, 0.717) is 12.5 Å². The Hall–Kier alpha value is -1.35. The van der Waals surface area contributed by atoms with Gasteiger partial charge in [0.15, 0.2) is 25.0 Å². The van der Waals surface area contributed by atoms with Crippen LogP contribution >= 0.6 is 0 Å². The van der Waals surface area contributed by atoms with Gasteiger partial charge in [0, 0.05) is 25.5 Å². The van der Waals surface area contributed by atoms with E-state index in [-0.39, 0.29) is 33.4 Å². The molecule has 3 heterocycles. The highest BCUT2D eigenvalue weighted by Crippen LogP contribution is 2.44. The van der Waals surface area contributed by atoms with E-state index in [4.69, 9.17) is 13.3 Å². The maximum Gasteiger partial charge on any atom is 0.192 e. The summed E-state index contributed by atoms with van der Waals surface area (Å²) in [6.45, 7) is 41.6. The van der Waals surface area contributed by atoms with Crippen LogP contribution in [-0.4, -0.2) is 89.1 Å². The molecule has 286 valence electrons. The van der Waals surface area contributed by atoms with E-state index in [1.807, 2.05) is 29.2 Å². The number of unbranched alkanes of at least 4 members (excludes halogenated alkanes) is 3. The van der Waals surface area contributed by atoms with Crippen molar-refractivity contribution in [3.8, 4) is 5.69 Å². The molecule has 2 aromatic heterocycles. The fourth-order valence-electron chi connectivity index (χ4n) is 5.75. The molecular weight excluding hydrogens is 671 g/mol. The van der Waals surface area contributed by atoms with E-state index in [9.17, 15) is 0 Å². The molecule has 0 saturated carbocycles. The molecule has 0 bridgehead atoms. The molecule has 11 heteroatoms. The molecule has 0 aliphatic carbocycles. The van der Waals surface area contributed by atoms with Gasteiger partial charge in [-0.1, -0.05) is 82.1 Å². The van der Waals surface area contributed by atoms with Crippen molar-refractivity contribution in [1.82, 2.24) is 19.7 Å². The Morgan fingerprint density at radius 1 is 0.780 bits per heavy atom. The minimum Gasteiger partial charge on any atom is -0.415 e. The highest BCUT2D eigenvalue weighted by molar-refractivity contribution is 6.75. The van der Waals surface area contributed by atoms with Gasteiger partial charge in [-0.05, 0) is 97.9 Å². The van der Waals surface area contributed by atoms with Crippen molar-refractivity contribution in [1.29, 1.82) is 0 Å². The SMILES string of the molecule is C[C@H]1CN(CCCCCCNc2ccc(-n3cccn3)cn2)[C@H](CO[Si](C)(C)C(C)(C)C)[C@@H](O[Si](C)(C)C(C)(C)C)[C@@H]1O[Si](C)(C)C(C)(C)C. The van der Waals surface area contributed by atoms with Crippen molar-refractivity contribution in [2.24, 2.45) is 5.92 Å². The van der Waals surface area contributed by atoms with Crippen molar-refractivity contribution < 1.29 is 13.3 Å². The van der Waals surface area contributed by atoms with Crippen LogP contribution in [0, 0.1) is 5.92 Å². The molecule has 1 aliphatic heterocycles. The van der Waals surface area contributed by atoms with Crippen LogP contribution in [0.3, 0.4) is 0 Å². The van der Waals surface area contributed by atoms with Gasteiger partial charge in [-0.25, -0.2) is 9.67 Å². The number of piperidine rings is 1. The van der Waals surface area contributed by atoms with Gasteiger partial charge in [0.05, 0.1) is 36.7 Å². The molecule has 0 amide bonds. The van der Waals surface area contributed by atoms with E-state index in [2.05, 4.69) is 135 Å². The molecule has 1 saturated heterocycles. The standard InChI is InChI=1S/C39H75N5O3Si3/c1-31-29-43(26-20-18-17-19-24-40-34-23-22-32(28-41-34)44-27-21-25-42-44)33(30-45-48(11,12)37(2,3)4)36(47-50(15,16)39(8,9)10)35(31)46-49(13,14)38(5,6)7/h21-23,25,27-28,31,33,35-36H,17-20,24,26,29-30H2,1-16H3,(H,40,41)/t31-,33+,35+,36+/m0/s1. The minimum absolute atomic E-state index is 0.0186. The monoisotopic (exact) mass is 746 g/mol. The first kappa shape index (κ1) is 43.1. The maximum atomic E-state index is 7.52. The zero-order valence-electron chi connectivity index (χ0n) is 34.9. The van der Waals surface area contributed by atoms with Gasteiger partial charge in [-0.3, -0.25) is 4.90 Å². The number of nitrogens with one attached hydrogen (secondary N) is 1. The Bertz CT molecular complexity index is 1300. The number of likely N-dealkylation sites (tertiary alicyclic amines) is 1. The third kappa shape index (κ3) is 11.3. The fourth-order valence-corrected chi connectivity index (χ4v) is 9.49. The summed E-state index contributed by atoms with van der Waals surface area (Å²) in [6, 6.07) is 6.17. The fraction of sp³-hybridized carbons (Fsp3) is 0.795. The number of rotatable bonds is 16. The van der Waals surface area contributed by atoms with Crippen LogP contribution in [0.4, 0.5) is 5.82 Å². The Morgan fingerprint density at radius 2 is 1.36 bits per heavy atom. The summed E-state index contributed by atoms with van der Waals surface area (Å²) in [5.41, 5.74) is 0.968. The second-order valence-electron chi connectivity index (χ2n) is 19.5. The first-order valence-electron chi connectivity index (χ1n) is 19.3. The van der Waals surface area contributed by atoms with E-state index in [1.165, 1.54) is 19.3 Å². The van der Waals surface area contributed by atoms with Crippen molar-refractivity contribution in [2.45, 2.75) is 168 Å². The second kappa shape index (κ2) is 16.8. The summed E-state index contributed by atoms with van der Waals surface area (Å²) >= 11 is 0. The number of pyridine rings is 1. The molecule has 0 unspecified atom stereocenters. The van der Waals surface area contributed by atoms with Crippen LogP contribution in [0.25, 0.3) is 5.69 Å². The third-order valence-corrected chi connectivity index (χ3v) is 25.8. The van der Waals surface area contributed by atoms with E-state index >= 15 is 0 Å². The summed E-state index contributed by atoms with van der Waals surface area (Å²) in [5, 5.41) is 8.18. The molecule has 1 aliphatic rings. The molecule has 0 aromatic carbocycles. The summed E-state index contributed by atoms with van der Waals surface area (Å²) in [4.78, 5) is 7.31. The lowest BCUT2D eigenvalue weighted by molar-refractivity contribution is -0.101. The second-order valence-corrected chi connectivity index (χ2v) is 33.8. The van der Waals surface area contributed by atoms with Crippen LogP contribution < -0.4 is 5.32 Å². The lowest BCUT2D eigenvalue weighted by atomic mass is 9.88. The van der Waals surface area contributed by atoms with Crippen molar-refractivity contribution >= 4 is 30.8 Å². The third-order valence-electron chi connectivity index (χ3n) is 12.3. The Kier molecular flexibility index (Phi) is 14.4. The molecule has 0 radical (unpaired) electrons. The molecule has 50 heavy (non-hydrogen) atoms. The maximum absolute atomic E-state index is 7.52. The molecule has 1 N–H and O–H groups in total. The van der Waals surface area contributed by atoms with Crippen molar-refractivity contribution in [2.75, 3.05) is 31.6 Å². The zero-order valence-corrected chi connectivity index (χ0v) is 37.9. The topological polar surface area (TPSA) is 73.7 Å². The summed E-state index contributed by atoms with van der Waals surface area (Å²) in [7, 11) is -6.15. The first-order chi connectivity index (χ1) is 22.9. The zero-order chi connectivity index (χ0) is 37.8. The van der Waals surface area contributed by atoms with Crippen LogP contribution in [0.2, 0.25) is 54.4 Å². The van der Waals surface area contributed by atoms with Gasteiger partial charge in [-0.15, -0.1) is 0 Å². The molecule has 2 aromatic rings. The van der Waals surface area contributed by atoms with Gasteiger partial charge in [0.2, 0.25) is 0 Å². The van der Waals surface area contributed by atoms with Crippen LogP contribution in [0.15, 0.2) is 36.8 Å². The Labute approximate surface area is 310 Å². The molecular formula is C39H75N5O3Si3. The van der Waals surface area contributed by atoms with E-state index in [1.54, 1.807) is 6.20 Å². The normalized spacial score (nSPS) is 21.8. The smallest absolute Gasteiger partial charge is 0.192 e. The van der Waals surface area contributed by atoms with Crippen LogP contribution in [0.1, 0.15) is 94.9 Å². The minimum atomic E-state index is -2.12.